The molecule has 0 spiro atoms. The molecule has 4 rings (SSSR count). The molecule has 1 aliphatic heterocycles. The summed E-state index contributed by atoms with van der Waals surface area (Å²) in [7, 11) is 0. The van der Waals surface area contributed by atoms with Gasteiger partial charge in [0.15, 0.2) is 11.0 Å². The van der Waals surface area contributed by atoms with Gasteiger partial charge in [0.2, 0.25) is 5.91 Å². The highest BCUT2D eigenvalue weighted by Crippen LogP contribution is 2.38. The molecule has 28 heavy (non-hydrogen) atoms. The lowest BCUT2D eigenvalue weighted by atomic mass is 10.0. The van der Waals surface area contributed by atoms with E-state index in [9.17, 15) is 4.79 Å². The third-order valence-electron chi connectivity index (χ3n) is 5.92. The van der Waals surface area contributed by atoms with E-state index in [1.165, 1.54) is 31.0 Å². The topological polar surface area (TPSA) is 51.0 Å². The van der Waals surface area contributed by atoms with Gasteiger partial charge in [0.1, 0.15) is 0 Å². The summed E-state index contributed by atoms with van der Waals surface area (Å²) < 4.78 is 2.23. The van der Waals surface area contributed by atoms with Crippen LogP contribution in [-0.2, 0) is 4.79 Å². The van der Waals surface area contributed by atoms with E-state index in [0.717, 1.165) is 48.8 Å². The highest BCUT2D eigenvalue weighted by molar-refractivity contribution is 7.99. The minimum Gasteiger partial charge on any atom is -0.339 e. The lowest BCUT2D eigenvalue weighted by Crippen LogP contribution is -2.43. The molecule has 2 heterocycles. The van der Waals surface area contributed by atoms with E-state index in [2.05, 4.69) is 21.7 Å². The molecule has 150 valence electrons. The maximum atomic E-state index is 12.8. The summed E-state index contributed by atoms with van der Waals surface area (Å²) in [6.07, 6.45) is 8.12. The maximum Gasteiger partial charge on any atom is 0.233 e. The molecule has 5 nitrogen and oxygen atoms in total. The molecule has 7 heteroatoms. The SMILES string of the molecule is C[C@@H]1CCCCN1C(=O)CSc1nnc(-c2ccccc2Cl)n1C1CCCC1. The molecule has 1 atom stereocenters. The van der Waals surface area contributed by atoms with Crippen molar-refractivity contribution in [2.75, 3.05) is 12.3 Å². The molecule has 1 amide bonds. The van der Waals surface area contributed by atoms with Crippen molar-refractivity contribution in [3.63, 3.8) is 0 Å². The first-order valence-corrected chi connectivity index (χ1v) is 11.6. The second-order valence-electron chi connectivity index (χ2n) is 7.81. The third-order valence-corrected chi connectivity index (χ3v) is 7.17. The number of amides is 1. The number of hydrogen-bond acceptors (Lipinski definition) is 4. The van der Waals surface area contributed by atoms with Gasteiger partial charge in [0, 0.05) is 24.2 Å². The van der Waals surface area contributed by atoms with Crippen LogP contribution >= 0.6 is 23.4 Å². The summed E-state index contributed by atoms with van der Waals surface area (Å²) in [6.45, 7) is 3.03. The Labute approximate surface area is 175 Å². The van der Waals surface area contributed by atoms with Crippen molar-refractivity contribution in [2.45, 2.75) is 69.1 Å². The Morgan fingerprint density at radius 3 is 2.64 bits per heavy atom. The number of benzene rings is 1. The van der Waals surface area contributed by atoms with Gasteiger partial charge in [-0.3, -0.25) is 9.36 Å². The number of halogens is 1. The van der Waals surface area contributed by atoms with Crippen LogP contribution in [0, 0.1) is 0 Å². The van der Waals surface area contributed by atoms with Crippen LogP contribution in [0.5, 0.6) is 0 Å². The number of piperidine rings is 1. The Kier molecular flexibility index (Phi) is 6.26. The molecular weight excluding hydrogens is 392 g/mol. The van der Waals surface area contributed by atoms with Crippen molar-refractivity contribution in [3.8, 4) is 11.4 Å². The first-order valence-electron chi connectivity index (χ1n) is 10.3. The monoisotopic (exact) mass is 418 g/mol. The number of nitrogens with zero attached hydrogens (tertiary/aromatic N) is 4. The zero-order valence-corrected chi connectivity index (χ0v) is 17.9. The van der Waals surface area contributed by atoms with Crippen LogP contribution < -0.4 is 0 Å². The van der Waals surface area contributed by atoms with Crippen molar-refractivity contribution in [3.05, 3.63) is 29.3 Å². The molecule has 0 unspecified atom stereocenters. The average Bonchev–Trinajstić information content (AvgIpc) is 3.36. The molecular formula is C21H27ClN4OS. The number of aromatic nitrogens is 3. The fourth-order valence-electron chi connectivity index (χ4n) is 4.37. The zero-order valence-electron chi connectivity index (χ0n) is 16.3. The first-order chi connectivity index (χ1) is 13.6. The van der Waals surface area contributed by atoms with Crippen LogP contribution in [-0.4, -0.2) is 43.9 Å². The van der Waals surface area contributed by atoms with Crippen molar-refractivity contribution >= 4 is 29.3 Å². The van der Waals surface area contributed by atoms with Gasteiger partial charge < -0.3 is 4.90 Å². The minimum atomic E-state index is 0.206. The molecule has 1 aromatic heterocycles. The normalized spacial score (nSPS) is 20.6. The highest BCUT2D eigenvalue weighted by Gasteiger charge is 2.28. The molecule has 2 aromatic rings. The minimum absolute atomic E-state index is 0.206. The molecule has 2 aliphatic rings. The van der Waals surface area contributed by atoms with Gasteiger partial charge in [-0.05, 0) is 51.2 Å². The van der Waals surface area contributed by atoms with E-state index in [-0.39, 0.29) is 5.91 Å². The van der Waals surface area contributed by atoms with E-state index in [1.807, 2.05) is 29.2 Å². The van der Waals surface area contributed by atoms with Crippen LogP contribution in [0.3, 0.4) is 0 Å². The Hall–Kier alpha value is -1.53. The van der Waals surface area contributed by atoms with Crippen molar-refractivity contribution in [1.29, 1.82) is 0 Å². The predicted molar refractivity (Wildman–Crippen MR) is 114 cm³/mol. The number of rotatable bonds is 5. The van der Waals surface area contributed by atoms with Gasteiger partial charge in [-0.1, -0.05) is 48.3 Å². The number of hydrogen-bond donors (Lipinski definition) is 0. The predicted octanol–water partition coefficient (Wildman–Crippen LogP) is 5.21. The number of carbonyl (C=O) groups is 1. The summed E-state index contributed by atoms with van der Waals surface area (Å²) in [6, 6.07) is 8.51. The Bertz CT molecular complexity index is 834. The third kappa shape index (κ3) is 4.08. The summed E-state index contributed by atoms with van der Waals surface area (Å²) in [5, 5.41) is 10.5. The summed E-state index contributed by atoms with van der Waals surface area (Å²) in [5.41, 5.74) is 0.909. The maximum absolute atomic E-state index is 12.8. The Balaban J connectivity index is 1.57. The second-order valence-corrected chi connectivity index (χ2v) is 9.16. The van der Waals surface area contributed by atoms with Crippen molar-refractivity contribution in [1.82, 2.24) is 19.7 Å². The summed E-state index contributed by atoms with van der Waals surface area (Å²) >= 11 is 7.96. The van der Waals surface area contributed by atoms with E-state index >= 15 is 0 Å². The molecule has 0 N–H and O–H groups in total. The van der Waals surface area contributed by atoms with Gasteiger partial charge >= 0.3 is 0 Å². The standard InChI is InChI=1S/C21H27ClN4OS/c1-15-8-6-7-13-25(15)19(27)14-28-21-24-23-20(17-11-4-5-12-18(17)22)26(21)16-9-2-3-10-16/h4-5,11-12,15-16H,2-3,6-10,13-14H2,1H3/t15-/m1/s1. The number of likely N-dealkylation sites (tertiary alicyclic amines) is 1. The van der Waals surface area contributed by atoms with Crippen LogP contribution in [0.4, 0.5) is 0 Å². The Morgan fingerprint density at radius 1 is 1.14 bits per heavy atom. The largest absolute Gasteiger partial charge is 0.339 e. The number of carbonyl (C=O) groups excluding carboxylic acids is 1. The van der Waals surface area contributed by atoms with E-state index in [4.69, 9.17) is 11.6 Å². The van der Waals surface area contributed by atoms with Crippen LogP contribution in [0.25, 0.3) is 11.4 Å². The molecule has 0 radical (unpaired) electrons. The first kappa shape index (κ1) is 19.8. The van der Waals surface area contributed by atoms with Gasteiger partial charge in [0.05, 0.1) is 10.8 Å². The second kappa shape index (κ2) is 8.87. The molecule has 1 aromatic carbocycles. The zero-order chi connectivity index (χ0) is 19.5. The molecule has 0 bridgehead atoms. The van der Waals surface area contributed by atoms with E-state index in [1.54, 1.807) is 0 Å². The fourth-order valence-corrected chi connectivity index (χ4v) is 5.48. The van der Waals surface area contributed by atoms with Gasteiger partial charge in [-0.25, -0.2) is 0 Å². The molecule has 1 saturated heterocycles. The van der Waals surface area contributed by atoms with Gasteiger partial charge in [-0.2, -0.15) is 0 Å². The summed E-state index contributed by atoms with van der Waals surface area (Å²) in [5.74, 6) is 1.44. The lowest BCUT2D eigenvalue weighted by molar-refractivity contribution is -0.131. The summed E-state index contributed by atoms with van der Waals surface area (Å²) in [4.78, 5) is 14.8. The average molecular weight is 419 g/mol. The highest BCUT2D eigenvalue weighted by atomic mass is 35.5. The number of thioether (sulfide) groups is 1. The Morgan fingerprint density at radius 2 is 1.89 bits per heavy atom. The lowest BCUT2D eigenvalue weighted by Gasteiger charge is -2.33. The quantitative estimate of drug-likeness (QED) is 0.625. The van der Waals surface area contributed by atoms with Crippen LogP contribution in [0.1, 0.15) is 57.9 Å². The van der Waals surface area contributed by atoms with Crippen molar-refractivity contribution in [2.24, 2.45) is 0 Å². The van der Waals surface area contributed by atoms with E-state index < -0.39 is 0 Å². The molecule has 2 fully saturated rings. The smallest absolute Gasteiger partial charge is 0.233 e. The van der Waals surface area contributed by atoms with Crippen molar-refractivity contribution < 1.29 is 4.79 Å². The van der Waals surface area contributed by atoms with Crippen LogP contribution in [0.2, 0.25) is 5.02 Å². The molecule has 1 aliphatic carbocycles. The van der Waals surface area contributed by atoms with E-state index in [0.29, 0.717) is 22.9 Å². The molecule has 1 saturated carbocycles. The van der Waals surface area contributed by atoms with Gasteiger partial charge in [-0.15, -0.1) is 10.2 Å². The van der Waals surface area contributed by atoms with Gasteiger partial charge in [0.25, 0.3) is 0 Å². The fraction of sp³-hybridized carbons (Fsp3) is 0.571. The van der Waals surface area contributed by atoms with Crippen LogP contribution in [0.15, 0.2) is 29.4 Å².